The number of methoxy groups -OCH3 is 1. The van der Waals surface area contributed by atoms with Crippen LogP contribution in [-0.2, 0) is 49.4 Å². The Morgan fingerprint density at radius 2 is 1.47 bits per heavy atom. The van der Waals surface area contributed by atoms with Crippen LogP contribution in [0.5, 0.6) is 0 Å². The highest BCUT2D eigenvalue weighted by Gasteiger charge is 2.31. The van der Waals surface area contributed by atoms with Gasteiger partial charge in [-0.1, -0.05) is 6.42 Å². The third kappa shape index (κ3) is 15.2. The van der Waals surface area contributed by atoms with Crippen LogP contribution < -0.4 is 11.5 Å². The number of aliphatic imine (C=N–C) groups is 1. The molecule has 1 unspecified atom stereocenters. The van der Waals surface area contributed by atoms with E-state index in [0.717, 1.165) is 24.1 Å². The van der Waals surface area contributed by atoms with Gasteiger partial charge in [0.05, 0.1) is 103 Å². The fourth-order valence-electron chi connectivity index (χ4n) is 4.48. The summed E-state index contributed by atoms with van der Waals surface area (Å²) in [7, 11) is -3.12. The summed E-state index contributed by atoms with van der Waals surface area (Å²) in [6.45, 7) is 4.62. The summed E-state index contributed by atoms with van der Waals surface area (Å²) >= 11 is 0. The molecule has 256 valence electrons. The van der Waals surface area contributed by atoms with Crippen molar-refractivity contribution in [1.82, 2.24) is 9.88 Å². The Balaban J connectivity index is 1.67. The van der Waals surface area contributed by atoms with Crippen LogP contribution in [0.4, 0.5) is 4.79 Å². The molecule has 1 aromatic heterocycles. The van der Waals surface area contributed by atoms with Gasteiger partial charge < -0.3 is 39.9 Å². The van der Waals surface area contributed by atoms with E-state index >= 15 is 0 Å². The summed E-state index contributed by atoms with van der Waals surface area (Å²) in [5, 5.41) is 0. The maximum absolute atomic E-state index is 12.8. The summed E-state index contributed by atoms with van der Waals surface area (Å²) in [4.78, 5) is 35.2. The van der Waals surface area contributed by atoms with Gasteiger partial charge in [-0.05, 0) is 37.8 Å². The number of aryl methyl sites for hydroxylation is 2. The van der Waals surface area contributed by atoms with Crippen molar-refractivity contribution in [2.75, 3.05) is 86.3 Å². The lowest BCUT2D eigenvalue weighted by molar-refractivity contribution is -0.0144. The van der Waals surface area contributed by atoms with E-state index in [1.165, 1.54) is 7.11 Å². The van der Waals surface area contributed by atoms with Crippen molar-refractivity contribution in [2.45, 2.75) is 38.6 Å². The molecule has 2 amide bonds. The Morgan fingerprint density at radius 3 is 1.98 bits per heavy atom. The molecular weight excluding hydrogens is 618 g/mol. The normalized spacial score (nSPS) is 14.8. The number of carbonyl (C=O) groups excluding carboxylic acids is 2. The van der Waals surface area contributed by atoms with E-state index < -0.39 is 22.4 Å². The number of nitrogens with two attached hydrogens (primary N) is 2. The molecule has 0 fully saturated rings. The average molecular weight is 664 g/mol. The van der Waals surface area contributed by atoms with Gasteiger partial charge in [0, 0.05) is 6.54 Å². The molecule has 0 aliphatic heterocycles. The smallest absolute Gasteiger partial charge is 0.410 e. The predicted octanol–water partition coefficient (Wildman–Crippen LogP) is 0.542. The number of guanidine groups is 1. The highest BCUT2D eigenvalue weighted by molar-refractivity contribution is 7.80. The second kappa shape index (κ2) is 20.9. The SMILES string of the molecule is COC(=O)N(CCOCCOCCOCCOCCOCCOS(=O)(=O)O)C1CCCCc2cc(C(=O)N=C(N)N)c(C)nc21. The lowest BCUT2D eigenvalue weighted by Crippen LogP contribution is -2.38. The maximum atomic E-state index is 12.8. The van der Waals surface area contributed by atoms with E-state index in [9.17, 15) is 18.0 Å². The molecule has 1 aromatic rings. The topological polar surface area (TPSA) is 234 Å². The van der Waals surface area contributed by atoms with E-state index in [1.54, 1.807) is 17.9 Å². The zero-order valence-corrected chi connectivity index (χ0v) is 26.6. The third-order valence-electron chi connectivity index (χ3n) is 6.49. The molecule has 45 heavy (non-hydrogen) atoms. The molecule has 1 aliphatic carbocycles. The van der Waals surface area contributed by atoms with Crippen molar-refractivity contribution in [3.05, 3.63) is 28.6 Å². The maximum Gasteiger partial charge on any atom is 0.410 e. The minimum atomic E-state index is -4.45. The standard InChI is InChI=1S/C27H45N5O12S/c1-20-22(25(33)31-26(28)29)19-21-5-3-4-6-23(24(21)30-20)32(27(34)38-2)7-8-39-9-10-40-11-12-41-13-14-42-15-16-43-17-18-44-45(35,36)37/h19,23H,3-18H2,1-2H3,(H,35,36,37)(H4,28,29,31,33). The van der Waals surface area contributed by atoms with Crippen LogP contribution in [-0.4, -0.2) is 127 Å². The monoisotopic (exact) mass is 663 g/mol. The largest absolute Gasteiger partial charge is 0.453 e. The van der Waals surface area contributed by atoms with Crippen molar-refractivity contribution in [3.8, 4) is 0 Å². The lowest BCUT2D eigenvalue weighted by Gasteiger charge is -2.30. The van der Waals surface area contributed by atoms with Crippen molar-refractivity contribution in [1.29, 1.82) is 0 Å². The van der Waals surface area contributed by atoms with Crippen LogP contribution in [0.2, 0.25) is 0 Å². The molecule has 1 heterocycles. The highest BCUT2D eigenvalue weighted by atomic mass is 32.3. The number of amides is 2. The van der Waals surface area contributed by atoms with Gasteiger partial charge in [0.2, 0.25) is 0 Å². The predicted molar refractivity (Wildman–Crippen MR) is 160 cm³/mol. The van der Waals surface area contributed by atoms with E-state index in [1.807, 2.05) is 0 Å². The fourth-order valence-corrected chi connectivity index (χ4v) is 4.75. The molecule has 2 rings (SSSR count). The average Bonchev–Trinajstić information content (AvgIpc) is 3.18. The first-order valence-electron chi connectivity index (χ1n) is 14.5. The van der Waals surface area contributed by atoms with Crippen LogP contribution in [0.25, 0.3) is 0 Å². The summed E-state index contributed by atoms with van der Waals surface area (Å²) in [5.41, 5.74) is 13.1. The molecule has 18 heteroatoms. The zero-order chi connectivity index (χ0) is 33.1. The number of hydrogen-bond acceptors (Lipinski definition) is 12. The van der Waals surface area contributed by atoms with E-state index in [-0.39, 0.29) is 45.0 Å². The Hall–Kier alpha value is -2.97. The number of pyridine rings is 1. The molecule has 5 N–H and O–H groups in total. The Kier molecular flexibility index (Phi) is 17.8. The quantitative estimate of drug-likeness (QED) is 0.0535. The molecule has 17 nitrogen and oxygen atoms in total. The molecule has 1 aliphatic rings. The van der Waals surface area contributed by atoms with Crippen LogP contribution in [0.3, 0.4) is 0 Å². The molecule has 0 radical (unpaired) electrons. The van der Waals surface area contributed by atoms with Crippen LogP contribution in [0, 0.1) is 6.92 Å². The van der Waals surface area contributed by atoms with Crippen LogP contribution >= 0.6 is 0 Å². The van der Waals surface area contributed by atoms with Gasteiger partial charge in [0.1, 0.15) is 0 Å². The van der Waals surface area contributed by atoms with Gasteiger partial charge in [-0.25, -0.2) is 8.98 Å². The first kappa shape index (κ1) is 38.2. The molecular formula is C27H45N5O12S. The van der Waals surface area contributed by atoms with Crippen molar-refractivity contribution < 1.29 is 55.2 Å². The number of hydrogen-bond donors (Lipinski definition) is 3. The van der Waals surface area contributed by atoms with Crippen molar-refractivity contribution in [3.63, 3.8) is 0 Å². The Morgan fingerprint density at radius 1 is 0.933 bits per heavy atom. The van der Waals surface area contributed by atoms with Crippen LogP contribution in [0.15, 0.2) is 11.1 Å². The molecule has 0 aromatic carbocycles. The third-order valence-corrected chi connectivity index (χ3v) is 6.95. The molecule has 0 spiro atoms. The van der Waals surface area contributed by atoms with Gasteiger partial charge in [0.15, 0.2) is 5.96 Å². The number of aromatic nitrogens is 1. The van der Waals surface area contributed by atoms with Gasteiger partial charge in [-0.3, -0.25) is 19.2 Å². The molecule has 0 saturated heterocycles. The first-order valence-corrected chi connectivity index (χ1v) is 15.9. The van der Waals surface area contributed by atoms with Gasteiger partial charge in [-0.15, -0.1) is 0 Å². The number of fused-ring (bicyclic) bond motifs is 1. The number of rotatable bonds is 21. The lowest BCUT2D eigenvalue weighted by atomic mass is 10.0. The van der Waals surface area contributed by atoms with E-state index in [4.69, 9.17) is 49.4 Å². The summed E-state index contributed by atoms with van der Waals surface area (Å²) in [6.07, 6.45) is 2.63. The highest BCUT2D eigenvalue weighted by Crippen LogP contribution is 2.33. The van der Waals surface area contributed by atoms with Crippen molar-refractivity contribution in [2.24, 2.45) is 16.5 Å². The molecule has 0 bridgehead atoms. The van der Waals surface area contributed by atoms with E-state index in [2.05, 4.69) is 9.18 Å². The minimum absolute atomic E-state index is 0.00485. The number of nitrogens with zero attached hydrogens (tertiary/aromatic N) is 3. The van der Waals surface area contributed by atoms with Crippen LogP contribution in [0.1, 0.15) is 52.6 Å². The first-order chi connectivity index (χ1) is 21.5. The summed E-state index contributed by atoms with van der Waals surface area (Å²) in [6, 6.07) is 1.42. The number of ether oxygens (including phenoxy) is 6. The Labute approximate surface area is 263 Å². The fraction of sp³-hybridized carbons (Fsp3) is 0.704. The second-order valence-electron chi connectivity index (χ2n) is 9.74. The zero-order valence-electron chi connectivity index (χ0n) is 25.8. The van der Waals surface area contributed by atoms with Gasteiger partial charge in [0.25, 0.3) is 5.91 Å². The van der Waals surface area contributed by atoms with Crippen molar-refractivity contribution >= 4 is 28.4 Å². The van der Waals surface area contributed by atoms with E-state index in [0.29, 0.717) is 70.3 Å². The number of carbonyl (C=O) groups is 2. The minimum Gasteiger partial charge on any atom is -0.453 e. The molecule has 1 atom stereocenters. The van der Waals surface area contributed by atoms with Gasteiger partial charge in [-0.2, -0.15) is 13.4 Å². The second-order valence-corrected chi connectivity index (χ2v) is 10.8. The van der Waals surface area contributed by atoms with Gasteiger partial charge >= 0.3 is 16.5 Å². The summed E-state index contributed by atoms with van der Waals surface area (Å²) < 4.78 is 65.4. The Bertz CT molecular complexity index is 1200. The summed E-state index contributed by atoms with van der Waals surface area (Å²) in [5.74, 6) is -0.882. The molecule has 0 saturated carbocycles.